The Morgan fingerprint density at radius 3 is 2.88 bits per heavy atom. The van der Waals surface area contributed by atoms with Gasteiger partial charge in [0.15, 0.2) is 0 Å². The summed E-state index contributed by atoms with van der Waals surface area (Å²) in [7, 11) is 1.35. The Balaban J connectivity index is 2.81. The van der Waals surface area contributed by atoms with Gasteiger partial charge >= 0.3 is 5.97 Å². The van der Waals surface area contributed by atoms with Gasteiger partial charge < -0.3 is 4.74 Å². The summed E-state index contributed by atoms with van der Waals surface area (Å²) in [6, 6.07) is 5.32. The molecule has 2 aromatic rings. The van der Waals surface area contributed by atoms with Gasteiger partial charge in [0.2, 0.25) is 0 Å². The Hall–Kier alpha value is -1.61. The number of rotatable bonds is 1. The third kappa shape index (κ3) is 1.74. The molecule has 3 nitrogen and oxygen atoms in total. The van der Waals surface area contributed by atoms with E-state index in [1.807, 2.05) is 19.1 Å². The highest BCUT2D eigenvalue weighted by Crippen LogP contribution is 2.26. The van der Waals surface area contributed by atoms with Crippen LogP contribution in [-0.2, 0) is 4.74 Å². The number of halogens is 1. The first kappa shape index (κ1) is 10.9. The quantitative estimate of drug-likeness (QED) is 0.714. The maximum Gasteiger partial charge on any atom is 0.338 e. The summed E-state index contributed by atoms with van der Waals surface area (Å²) in [4.78, 5) is 15.7. The van der Waals surface area contributed by atoms with Gasteiger partial charge in [0.1, 0.15) is 0 Å². The van der Waals surface area contributed by atoms with Crippen molar-refractivity contribution >= 4 is 28.5 Å². The van der Waals surface area contributed by atoms with Crippen molar-refractivity contribution in [2.75, 3.05) is 7.11 Å². The van der Waals surface area contributed by atoms with Crippen LogP contribution in [0.4, 0.5) is 0 Å². The Kier molecular flexibility index (Phi) is 2.79. The highest BCUT2D eigenvalue weighted by atomic mass is 35.5. The van der Waals surface area contributed by atoms with Crippen LogP contribution in [0.1, 0.15) is 15.9 Å². The molecule has 0 aliphatic heterocycles. The SMILES string of the molecule is COC(=O)c1ccnc2c(Cl)cc(C)cc12. The number of ether oxygens (including phenoxy) is 1. The van der Waals surface area contributed by atoms with Crippen molar-refractivity contribution in [3.05, 3.63) is 40.5 Å². The molecule has 0 N–H and O–H groups in total. The molecule has 2 rings (SSSR count). The normalized spacial score (nSPS) is 10.4. The minimum absolute atomic E-state index is 0.380. The highest BCUT2D eigenvalue weighted by molar-refractivity contribution is 6.35. The van der Waals surface area contributed by atoms with Crippen LogP contribution in [0.25, 0.3) is 10.9 Å². The smallest absolute Gasteiger partial charge is 0.338 e. The predicted molar refractivity (Wildman–Crippen MR) is 62.8 cm³/mol. The first-order chi connectivity index (χ1) is 7.63. The van der Waals surface area contributed by atoms with Crippen molar-refractivity contribution in [2.24, 2.45) is 0 Å². The molecule has 1 aromatic carbocycles. The molecule has 1 aromatic heterocycles. The Morgan fingerprint density at radius 2 is 2.19 bits per heavy atom. The lowest BCUT2D eigenvalue weighted by Gasteiger charge is -2.06. The van der Waals surface area contributed by atoms with Gasteiger partial charge in [-0.15, -0.1) is 0 Å². The van der Waals surface area contributed by atoms with Gasteiger partial charge in [0, 0.05) is 11.6 Å². The number of hydrogen-bond acceptors (Lipinski definition) is 3. The highest BCUT2D eigenvalue weighted by Gasteiger charge is 2.12. The molecule has 4 heteroatoms. The number of esters is 1. The van der Waals surface area contributed by atoms with Gasteiger partial charge in [-0.3, -0.25) is 4.98 Å². The number of carbonyl (C=O) groups is 1. The molecule has 82 valence electrons. The number of pyridine rings is 1. The summed E-state index contributed by atoms with van der Waals surface area (Å²) in [5, 5.41) is 1.26. The number of carbonyl (C=O) groups excluding carboxylic acids is 1. The molecule has 0 spiro atoms. The zero-order valence-electron chi connectivity index (χ0n) is 8.95. The zero-order chi connectivity index (χ0) is 11.7. The molecule has 0 atom stereocenters. The molecule has 0 saturated heterocycles. The maximum atomic E-state index is 11.6. The van der Waals surface area contributed by atoms with Crippen LogP contribution < -0.4 is 0 Å². The number of hydrogen-bond donors (Lipinski definition) is 0. The Labute approximate surface area is 98.0 Å². The summed E-state index contributed by atoms with van der Waals surface area (Å²) in [5.41, 5.74) is 2.09. The fraction of sp³-hybridized carbons (Fsp3) is 0.167. The minimum Gasteiger partial charge on any atom is -0.465 e. The van der Waals surface area contributed by atoms with Crippen molar-refractivity contribution in [1.82, 2.24) is 4.98 Å². The van der Waals surface area contributed by atoms with E-state index in [4.69, 9.17) is 16.3 Å². The van der Waals surface area contributed by atoms with E-state index in [-0.39, 0.29) is 5.97 Å². The number of benzene rings is 1. The Bertz CT molecular complexity index is 566. The van der Waals surface area contributed by atoms with E-state index in [2.05, 4.69) is 4.98 Å². The van der Waals surface area contributed by atoms with Gasteiger partial charge in [0.05, 0.1) is 23.2 Å². The van der Waals surface area contributed by atoms with Gasteiger partial charge in [-0.2, -0.15) is 0 Å². The molecular formula is C12H10ClNO2. The molecule has 1 heterocycles. The molecule has 0 radical (unpaired) electrons. The summed E-state index contributed by atoms with van der Waals surface area (Å²) in [6.07, 6.45) is 1.55. The first-order valence-corrected chi connectivity index (χ1v) is 5.14. The van der Waals surface area contributed by atoms with Crippen molar-refractivity contribution in [3.8, 4) is 0 Å². The van der Waals surface area contributed by atoms with Crippen LogP contribution in [0.3, 0.4) is 0 Å². The molecule has 0 aliphatic rings. The van der Waals surface area contributed by atoms with Crippen LogP contribution >= 0.6 is 11.6 Å². The number of nitrogens with zero attached hydrogens (tertiary/aromatic N) is 1. The minimum atomic E-state index is -0.380. The largest absolute Gasteiger partial charge is 0.465 e. The number of aromatic nitrogens is 1. The topological polar surface area (TPSA) is 39.2 Å². The van der Waals surface area contributed by atoms with Gasteiger partial charge in [0.25, 0.3) is 0 Å². The maximum absolute atomic E-state index is 11.6. The van der Waals surface area contributed by atoms with E-state index in [9.17, 15) is 4.79 Å². The van der Waals surface area contributed by atoms with E-state index < -0.39 is 0 Å². The van der Waals surface area contributed by atoms with Crippen LogP contribution in [0.2, 0.25) is 5.02 Å². The molecule has 0 fully saturated rings. The van der Waals surface area contributed by atoms with E-state index in [1.165, 1.54) is 7.11 Å². The van der Waals surface area contributed by atoms with Crippen molar-refractivity contribution in [3.63, 3.8) is 0 Å². The molecule has 0 amide bonds. The Morgan fingerprint density at radius 1 is 1.44 bits per heavy atom. The first-order valence-electron chi connectivity index (χ1n) is 4.76. The second kappa shape index (κ2) is 4.10. The third-order valence-electron chi connectivity index (χ3n) is 2.35. The average molecular weight is 236 g/mol. The van der Waals surface area contributed by atoms with Gasteiger partial charge in [-0.1, -0.05) is 11.6 Å². The summed E-state index contributed by atoms with van der Waals surface area (Å²) >= 11 is 6.07. The lowest BCUT2D eigenvalue weighted by atomic mass is 10.1. The van der Waals surface area contributed by atoms with E-state index in [0.29, 0.717) is 16.1 Å². The van der Waals surface area contributed by atoms with E-state index in [0.717, 1.165) is 10.9 Å². The molecule has 16 heavy (non-hydrogen) atoms. The second-order valence-electron chi connectivity index (χ2n) is 3.49. The molecule has 0 aliphatic carbocycles. The van der Waals surface area contributed by atoms with Gasteiger partial charge in [-0.25, -0.2) is 4.79 Å². The fourth-order valence-electron chi connectivity index (χ4n) is 1.64. The standard InChI is InChI=1S/C12H10ClNO2/c1-7-5-9-8(12(15)16-2)3-4-14-11(9)10(13)6-7/h3-6H,1-2H3. The molecule has 0 saturated carbocycles. The van der Waals surface area contributed by atoms with Crippen LogP contribution in [-0.4, -0.2) is 18.1 Å². The average Bonchev–Trinajstić information content (AvgIpc) is 2.27. The summed E-state index contributed by atoms with van der Waals surface area (Å²) in [5.74, 6) is -0.380. The van der Waals surface area contributed by atoms with Gasteiger partial charge in [-0.05, 0) is 30.7 Å². The third-order valence-corrected chi connectivity index (χ3v) is 2.64. The zero-order valence-corrected chi connectivity index (χ0v) is 9.71. The monoisotopic (exact) mass is 235 g/mol. The van der Waals surface area contributed by atoms with Crippen molar-refractivity contribution < 1.29 is 9.53 Å². The van der Waals surface area contributed by atoms with Crippen LogP contribution in [0.5, 0.6) is 0 Å². The number of aryl methyl sites for hydroxylation is 1. The second-order valence-corrected chi connectivity index (χ2v) is 3.90. The lowest BCUT2D eigenvalue weighted by molar-refractivity contribution is 0.0603. The lowest BCUT2D eigenvalue weighted by Crippen LogP contribution is -2.02. The molecule has 0 bridgehead atoms. The summed E-state index contributed by atoms with van der Waals surface area (Å²) in [6.45, 7) is 1.92. The fourth-order valence-corrected chi connectivity index (χ4v) is 1.96. The van der Waals surface area contributed by atoms with Crippen molar-refractivity contribution in [2.45, 2.75) is 6.92 Å². The molecule has 0 unspecified atom stereocenters. The van der Waals surface area contributed by atoms with Crippen LogP contribution in [0.15, 0.2) is 24.4 Å². The number of fused-ring (bicyclic) bond motifs is 1. The van der Waals surface area contributed by atoms with Crippen molar-refractivity contribution in [1.29, 1.82) is 0 Å². The molecular weight excluding hydrogens is 226 g/mol. The van der Waals surface area contributed by atoms with Crippen LogP contribution in [0, 0.1) is 6.92 Å². The predicted octanol–water partition coefficient (Wildman–Crippen LogP) is 2.98. The summed E-state index contributed by atoms with van der Waals surface area (Å²) < 4.78 is 4.71. The number of methoxy groups -OCH3 is 1. The van der Waals surface area contributed by atoms with E-state index >= 15 is 0 Å². The van der Waals surface area contributed by atoms with E-state index in [1.54, 1.807) is 12.3 Å².